The van der Waals surface area contributed by atoms with E-state index in [2.05, 4.69) is 43.8 Å². The predicted octanol–water partition coefficient (Wildman–Crippen LogP) is 5.74. The highest BCUT2D eigenvalue weighted by atomic mass is 16.3. The molecule has 1 fully saturated rings. The van der Waals surface area contributed by atoms with E-state index in [1.54, 1.807) is 0 Å². The van der Waals surface area contributed by atoms with Gasteiger partial charge in [0.2, 0.25) is 0 Å². The van der Waals surface area contributed by atoms with E-state index < -0.39 is 17.8 Å². The Morgan fingerprint density at radius 1 is 1.20 bits per heavy atom. The van der Waals surface area contributed by atoms with Gasteiger partial charge in [-0.05, 0) is 73.8 Å². The third-order valence-corrected chi connectivity index (χ3v) is 5.82. The van der Waals surface area contributed by atoms with Gasteiger partial charge < -0.3 is 15.3 Å². The van der Waals surface area contributed by atoms with E-state index in [4.69, 9.17) is 0 Å². The van der Waals surface area contributed by atoms with Crippen LogP contribution < -0.4 is 0 Å². The first kappa shape index (κ1) is 24.6. The number of benzene rings is 1. The van der Waals surface area contributed by atoms with Gasteiger partial charge in [-0.3, -0.25) is 0 Å². The quantitative estimate of drug-likeness (QED) is 0.429. The van der Waals surface area contributed by atoms with Gasteiger partial charge in [0.05, 0.1) is 17.8 Å². The third kappa shape index (κ3) is 8.22. The number of unbranched alkanes of at least 4 members (excludes halogenated alkanes) is 2. The number of hydrogen-bond donors (Lipinski definition) is 3. The second kappa shape index (κ2) is 11.6. The standard InChI is InChI=1S/C27H40O3/c1-5-10-22(14-15-23-18-25(28)19-26(29)20(23)2)24-13-9-12-21(17-24)11-7-6-8-16-27(3,4)30/h9,12-15,17,25-26,28-30H,2,5-8,10-11,16,18-19H2,1,3-4H3/b22-14+,23-15-/t25-,26-/m1/s1. The first-order valence-corrected chi connectivity index (χ1v) is 11.5. The number of rotatable bonds is 10. The second-order valence-electron chi connectivity index (χ2n) is 9.34. The van der Waals surface area contributed by atoms with Gasteiger partial charge in [-0.15, -0.1) is 0 Å². The molecule has 0 bridgehead atoms. The van der Waals surface area contributed by atoms with Crippen molar-refractivity contribution in [2.24, 2.45) is 0 Å². The van der Waals surface area contributed by atoms with Crippen LogP contribution in [0.1, 0.15) is 83.3 Å². The highest BCUT2D eigenvalue weighted by Gasteiger charge is 2.24. The van der Waals surface area contributed by atoms with Crippen LogP contribution in [-0.2, 0) is 6.42 Å². The van der Waals surface area contributed by atoms with Gasteiger partial charge in [-0.1, -0.05) is 69.2 Å². The minimum atomic E-state index is -0.650. The number of hydrogen-bond acceptors (Lipinski definition) is 3. The van der Waals surface area contributed by atoms with E-state index in [-0.39, 0.29) is 0 Å². The molecule has 0 unspecified atom stereocenters. The minimum absolute atomic E-state index is 0.375. The van der Waals surface area contributed by atoms with Gasteiger partial charge in [0.1, 0.15) is 0 Å². The van der Waals surface area contributed by atoms with Gasteiger partial charge in [-0.25, -0.2) is 0 Å². The molecule has 1 aliphatic rings. The average molecular weight is 413 g/mol. The van der Waals surface area contributed by atoms with Crippen LogP contribution in [-0.4, -0.2) is 33.1 Å². The van der Waals surface area contributed by atoms with Crippen LogP contribution in [0.15, 0.2) is 54.1 Å². The second-order valence-corrected chi connectivity index (χ2v) is 9.34. The Morgan fingerprint density at radius 3 is 2.67 bits per heavy atom. The molecule has 0 aliphatic heterocycles. The van der Waals surface area contributed by atoms with Gasteiger partial charge in [0, 0.05) is 6.42 Å². The van der Waals surface area contributed by atoms with E-state index in [0.29, 0.717) is 12.8 Å². The molecule has 2 rings (SSSR count). The molecule has 0 saturated heterocycles. The van der Waals surface area contributed by atoms with Crippen LogP contribution in [0.2, 0.25) is 0 Å². The molecule has 0 spiro atoms. The summed E-state index contributed by atoms with van der Waals surface area (Å²) in [7, 11) is 0. The van der Waals surface area contributed by atoms with Crippen LogP contribution in [0.25, 0.3) is 5.57 Å². The van der Waals surface area contributed by atoms with Crippen molar-refractivity contribution in [2.75, 3.05) is 0 Å². The molecule has 30 heavy (non-hydrogen) atoms. The molecule has 3 N–H and O–H groups in total. The molecule has 1 aromatic rings. The van der Waals surface area contributed by atoms with E-state index in [0.717, 1.165) is 56.1 Å². The van der Waals surface area contributed by atoms with E-state index in [1.165, 1.54) is 16.7 Å². The summed E-state index contributed by atoms with van der Waals surface area (Å²) in [5.41, 5.74) is 4.97. The molecule has 0 amide bonds. The van der Waals surface area contributed by atoms with Gasteiger partial charge in [-0.2, -0.15) is 0 Å². The van der Waals surface area contributed by atoms with Crippen molar-refractivity contribution < 1.29 is 15.3 Å². The van der Waals surface area contributed by atoms with Crippen LogP contribution in [0.5, 0.6) is 0 Å². The molecule has 166 valence electrons. The molecule has 3 nitrogen and oxygen atoms in total. The Kier molecular flexibility index (Phi) is 9.54. The maximum absolute atomic E-state index is 10.1. The van der Waals surface area contributed by atoms with Crippen molar-refractivity contribution in [3.8, 4) is 0 Å². The summed E-state index contributed by atoms with van der Waals surface area (Å²) in [6.07, 6.45) is 11.2. The fraction of sp³-hybridized carbons (Fsp3) is 0.556. The minimum Gasteiger partial charge on any atom is -0.393 e. The Morgan fingerprint density at radius 2 is 1.97 bits per heavy atom. The fourth-order valence-corrected chi connectivity index (χ4v) is 4.04. The van der Waals surface area contributed by atoms with Crippen LogP contribution >= 0.6 is 0 Å². The molecule has 0 radical (unpaired) electrons. The average Bonchev–Trinajstić information content (AvgIpc) is 2.67. The highest BCUT2D eigenvalue weighted by molar-refractivity contribution is 5.68. The SMILES string of the molecule is C=C1/C(=C\C=C(/CCC)c2cccc(CCCCCC(C)(C)O)c2)C[C@@H](O)C[C@H]1O. The van der Waals surface area contributed by atoms with Crippen molar-refractivity contribution in [3.05, 3.63) is 65.3 Å². The molecular weight excluding hydrogens is 372 g/mol. The first-order valence-electron chi connectivity index (χ1n) is 11.5. The zero-order chi connectivity index (χ0) is 22.1. The number of aliphatic hydroxyl groups excluding tert-OH is 2. The Bertz CT molecular complexity index is 752. The highest BCUT2D eigenvalue weighted by Crippen LogP contribution is 2.29. The molecule has 1 saturated carbocycles. The van der Waals surface area contributed by atoms with Crippen molar-refractivity contribution in [3.63, 3.8) is 0 Å². The first-order chi connectivity index (χ1) is 14.2. The summed E-state index contributed by atoms with van der Waals surface area (Å²) in [6, 6.07) is 8.77. The van der Waals surface area contributed by atoms with Crippen molar-refractivity contribution in [2.45, 2.75) is 96.4 Å². The molecule has 1 aromatic carbocycles. The van der Waals surface area contributed by atoms with E-state index >= 15 is 0 Å². The summed E-state index contributed by atoms with van der Waals surface area (Å²) >= 11 is 0. The van der Waals surface area contributed by atoms with E-state index in [9.17, 15) is 15.3 Å². The number of aryl methyl sites for hydroxylation is 1. The van der Waals surface area contributed by atoms with Gasteiger partial charge in [0.25, 0.3) is 0 Å². The summed E-state index contributed by atoms with van der Waals surface area (Å²) in [5.74, 6) is 0. The van der Waals surface area contributed by atoms with Gasteiger partial charge >= 0.3 is 0 Å². The maximum Gasteiger partial charge on any atom is 0.0811 e. The summed E-state index contributed by atoms with van der Waals surface area (Å²) < 4.78 is 0. The fourth-order valence-electron chi connectivity index (χ4n) is 4.04. The molecule has 1 aliphatic carbocycles. The van der Waals surface area contributed by atoms with Crippen LogP contribution in [0.3, 0.4) is 0 Å². The largest absolute Gasteiger partial charge is 0.393 e. The topological polar surface area (TPSA) is 60.7 Å². The van der Waals surface area contributed by atoms with Crippen molar-refractivity contribution >= 4 is 5.57 Å². The summed E-state index contributed by atoms with van der Waals surface area (Å²) in [4.78, 5) is 0. The lowest BCUT2D eigenvalue weighted by atomic mass is 9.85. The lowest BCUT2D eigenvalue weighted by Crippen LogP contribution is -2.26. The Labute approximate surface area is 182 Å². The van der Waals surface area contributed by atoms with Gasteiger partial charge in [0.15, 0.2) is 0 Å². The molecule has 3 heteroatoms. The normalized spacial score (nSPS) is 22.0. The zero-order valence-electron chi connectivity index (χ0n) is 19.0. The summed E-state index contributed by atoms with van der Waals surface area (Å²) in [5, 5.41) is 29.9. The lowest BCUT2D eigenvalue weighted by molar-refractivity contribution is 0.0680. The predicted molar refractivity (Wildman–Crippen MR) is 126 cm³/mol. The third-order valence-electron chi connectivity index (χ3n) is 5.82. The van der Waals surface area contributed by atoms with Crippen LogP contribution in [0.4, 0.5) is 0 Å². The Hall–Kier alpha value is -1.68. The number of allylic oxidation sites excluding steroid dienone is 3. The smallest absolute Gasteiger partial charge is 0.0811 e. The van der Waals surface area contributed by atoms with E-state index in [1.807, 2.05) is 19.9 Å². The molecule has 0 aromatic heterocycles. The Balaban J connectivity index is 2.06. The number of aliphatic hydroxyl groups is 3. The molecular formula is C27H40O3. The molecule has 0 heterocycles. The van der Waals surface area contributed by atoms with Crippen LogP contribution in [0, 0.1) is 0 Å². The monoisotopic (exact) mass is 412 g/mol. The zero-order valence-corrected chi connectivity index (χ0v) is 19.0. The summed E-state index contributed by atoms with van der Waals surface area (Å²) in [6.45, 7) is 9.94. The molecule has 2 atom stereocenters. The lowest BCUT2D eigenvalue weighted by Gasteiger charge is -2.26. The van der Waals surface area contributed by atoms with Crippen molar-refractivity contribution in [1.82, 2.24) is 0 Å². The van der Waals surface area contributed by atoms with Crippen molar-refractivity contribution in [1.29, 1.82) is 0 Å². The maximum atomic E-state index is 10.1.